The fourth-order valence-corrected chi connectivity index (χ4v) is 2.43. The third-order valence-electron chi connectivity index (χ3n) is 4.09. The number of anilines is 2. The molecule has 102 valence electrons. The molecule has 0 radical (unpaired) electrons. The molecule has 0 amide bonds. The SMILES string of the molecule is CN1CCC(C)(CNc2ccc(C#N)c(N)c2)CC1. The number of rotatable bonds is 3. The molecular weight excluding hydrogens is 236 g/mol. The van der Waals surface area contributed by atoms with E-state index in [-0.39, 0.29) is 0 Å². The summed E-state index contributed by atoms with van der Waals surface area (Å²) in [5.74, 6) is 0. The highest BCUT2D eigenvalue weighted by molar-refractivity contribution is 5.62. The van der Waals surface area contributed by atoms with Gasteiger partial charge in [0.2, 0.25) is 0 Å². The van der Waals surface area contributed by atoms with Gasteiger partial charge in [-0.05, 0) is 56.6 Å². The second-order valence-electron chi connectivity index (χ2n) is 5.88. The number of piperidine rings is 1. The number of nitrogens with two attached hydrogens (primary N) is 1. The van der Waals surface area contributed by atoms with Crippen LogP contribution >= 0.6 is 0 Å². The Bertz CT molecular complexity index is 481. The number of nitrogens with zero attached hydrogens (tertiary/aromatic N) is 2. The molecule has 0 saturated carbocycles. The Morgan fingerprint density at radius 3 is 2.68 bits per heavy atom. The Hall–Kier alpha value is -1.73. The van der Waals surface area contributed by atoms with Crippen LogP contribution in [0.1, 0.15) is 25.3 Å². The molecule has 0 unspecified atom stereocenters. The predicted octanol–water partition coefficient (Wildman–Crippen LogP) is 2.28. The molecule has 0 aromatic heterocycles. The average Bonchev–Trinajstić information content (AvgIpc) is 2.41. The van der Waals surface area contributed by atoms with Gasteiger partial charge in [-0.1, -0.05) is 6.92 Å². The summed E-state index contributed by atoms with van der Waals surface area (Å²) in [5.41, 5.74) is 8.24. The van der Waals surface area contributed by atoms with Gasteiger partial charge in [-0.15, -0.1) is 0 Å². The van der Waals surface area contributed by atoms with Gasteiger partial charge in [0.25, 0.3) is 0 Å². The number of nitrogens with one attached hydrogen (secondary N) is 1. The van der Waals surface area contributed by atoms with Crippen LogP contribution in [0, 0.1) is 16.7 Å². The second kappa shape index (κ2) is 5.50. The molecule has 0 spiro atoms. The molecule has 1 saturated heterocycles. The first-order chi connectivity index (χ1) is 9.02. The molecule has 1 aromatic carbocycles. The van der Waals surface area contributed by atoms with Crippen molar-refractivity contribution in [2.24, 2.45) is 5.41 Å². The Labute approximate surface area is 115 Å². The first-order valence-electron chi connectivity index (χ1n) is 6.74. The normalized spacial score (nSPS) is 18.8. The lowest BCUT2D eigenvalue weighted by atomic mass is 9.80. The van der Waals surface area contributed by atoms with Gasteiger partial charge in [-0.3, -0.25) is 0 Å². The standard InChI is InChI=1S/C15H22N4/c1-15(5-7-19(2)8-6-15)11-18-13-4-3-12(10-16)14(17)9-13/h3-4,9,18H,5-8,11,17H2,1-2H3. The highest BCUT2D eigenvalue weighted by Crippen LogP contribution is 2.31. The van der Waals surface area contributed by atoms with Gasteiger partial charge in [-0.2, -0.15) is 5.26 Å². The predicted molar refractivity (Wildman–Crippen MR) is 78.9 cm³/mol. The van der Waals surface area contributed by atoms with Gasteiger partial charge in [0.1, 0.15) is 6.07 Å². The minimum absolute atomic E-state index is 0.342. The van der Waals surface area contributed by atoms with E-state index in [1.165, 1.54) is 12.8 Å². The highest BCUT2D eigenvalue weighted by Gasteiger charge is 2.28. The zero-order chi connectivity index (χ0) is 13.9. The average molecular weight is 258 g/mol. The molecule has 1 fully saturated rings. The summed E-state index contributed by atoms with van der Waals surface area (Å²) in [6.07, 6.45) is 2.42. The number of nitriles is 1. The maximum absolute atomic E-state index is 8.85. The zero-order valence-corrected chi connectivity index (χ0v) is 11.7. The van der Waals surface area contributed by atoms with Gasteiger partial charge in [0.15, 0.2) is 0 Å². The minimum atomic E-state index is 0.342. The molecule has 1 aliphatic heterocycles. The number of nitrogen functional groups attached to an aromatic ring is 1. The van der Waals surface area contributed by atoms with Crippen molar-refractivity contribution in [2.75, 3.05) is 37.7 Å². The smallest absolute Gasteiger partial charge is 0.101 e. The molecule has 4 heteroatoms. The molecule has 0 bridgehead atoms. The number of likely N-dealkylation sites (tertiary alicyclic amines) is 1. The van der Waals surface area contributed by atoms with Crippen LogP contribution in [-0.2, 0) is 0 Å². The fraction of sp³-hybridized carbons (Fsp3) is 0.533. The summed E-state index contributed by atoms with van der Waals surface area (Å²) in [5, 5.41) is 12.3. The Morgan fingerprint density at radius 2 is 2.11 bits per heavy atom. The lowest BCUT2D eigenvalue weighted by Crippen LogP contribution is -2.40. The second-order valence-corrected chi connectivity index (χ2v) is 5.88. The quantitative estimate of drug-likeness (QED) is 0.816. The zero-order valence-electron chi connectivity index (χ0n) is 11.7. The van der Waals surface area contributed by atoms with Crippen LogP contribution in [0.25, 0.3) is 0 Å². The number of hydrogen-bond donors (Lipinski definition) is 2. The van der Waals surface area contributed by atoms with E-state index in [0.717, 1.165) is 25.3 Å². The van der Waals surface area contributed by atoms with E-state index < -0.39 is 0 Å². The monoisotopic (exact) mass is 258 g/mol. The fourth-order valence-electron chi connectivity index (χ4n) is 2.43. The third kappa shape index (κ3) is 3.39. The molecule has 1 aromatic rings. The molecule has 0 atom stereocenters. The van der Waals surface area contributed by atoms with E-state index in [0.29, 0.717) is 16.7 Å². The van der Waals surface area contributed by atoms with Crippen LogP contribution in [-0.4, -0.2) is 31.6 Å². The van der Waals surface area contributed by atoms with E-state index in [2.05, 4.69) is 30.3 Å². The Kier molecular flexibility index (Phi) is 3.96. The van der Waals surface area contributed by atoms with E-state index in [1.807, 2.05) is 12.1 Å². The molecule has 1 aliphatic rings. The highest BCUT2D eigenvalue weighted by atomic mass is 15.1. The van der Waals surface area contributed by atoms with Crippen molar-refractivity contribution in [1.29, 1.82) is 5.26 Å². The molecule has 0 aliphatic carbocycles. The molecule has 1 heterocycles. The maximum atomic E-state index is 8.85. The summed E-state index contributed by atoms with van der Waals surface area (Å²) in [7, 11) is 2.17. The topological polar surface area (TPSA) is 65.1 Å². The molecule has 4 nitrogen and oxygen atoms in total. The lowest BCUT2D eigenvalue weighted by Gasteiger charge is -2.38. The Morgan fingerprint density at radius 1 is 1.42 bits per heavy atom. The summed E-state index contributed by atoms with van der Waals surface area (Å²) in [6, 6.07) is 7.62. The maximum Gasteiger partial charge on any atom is 0.101 e. The molecule has 3 N–H and O–H groups in total. The molecule has 19 heavy (non-hydrogen) atoms. The van der Waals surface area contributed by atoms with E-state index in [4.69, 9.17) is 11.0 Å². The molecule has 2 rings (SSSR count). The van der Waals surface area contributed by atoms with Gasteiger partial charge in [-0.25, -0.2) is 0 Å². The van der Waals surface area contributed by atoms with Gasteiger partial charge >= 0.3 is 0 Å². The molecular formula is C15H22N4. The lowest BCUT2D eigenvalue weighted by molar-refractivity contribution is 0.150. The number of hydrogen-bond acceptors (Lipinski definition) is 4. The largest absolute Gasteiger partial charge is 0.398 e. The number of benzene rings is 1. The summed E-state index contributed by atoms with van der Waals surface area (Å²) < 4.78 is 0. The van der Waals surface area contributed by atoms with Crippen molar-refractivity contribution in [2.45, 2.75) is 19.8 Å². The van der Waals surface area contributed by atoms with Crippen molar-refractivity contribution in [3.05, 3.63) is 23.8 Å². The van der Waals surface area contributed by atoms with Crippen LogP contribution in [0.3, 0.4) is 0 Å². The summed E-state index contributed by atoms with van der Waals surface area (Å²) in [6.45, 7) is 5.60. The van der Waals surface area contributed by atoms with E-state index >= 15 is 0 Å². The van der Waals surface area contributed by atoms with Crippen LogP contribution in [0.2, 0.25) is 0 Å². The van der Waals surface area contributed by atoms with Gasteiger partial charge in [0.05, 0.1) is 11.3 Å². The van der Waals surface area contributed by atoms with Crippen molar-refractivity contribution >= 4 is 11.4 Å². The van der Waals surface area contributed by atoms with Crippen molar-refractivity contribution < 1.29 is 0 Å². The summed E-state index contributed by atoms with van der Waals surface area (Å²) >= 11 is 0. The van der Waals surface area contributed by atoms with E-state index in [1.54, 1.807) is 6.07 Å². The minimum Gasteiger partial charge on any atom is -0.398 e. The first-order valence-corrected chi connectivity index (χ1v) is 6.74. The van der Waals surface area contributed by atoms with Crippen molar-refractivity contribution in [3.63, 3.8) is 0 Å². The van der Waals surface area contributed by atoms with Crippen LogP contribution in [0.15, 0.2) is 18.2 Å². The summed E-state index contributed by atoms with van der Waals surface area (Å²) in [4.78, 5) is 2.38. The Balaban J connectivity index is 1.95. The van der Waals surface area contributed by atoms with Crippen LogP contribution < -0.4 is 11.1 Å². The van der Waals surface area contributed by atoms with Crippen LogP contribution in [0.4, 0.5) is 11.4 Å². The third-order valence-corrected chi connectivity index (χ3v) is 4.09. The van der Waals surface area contributed by atoms with Crippen molar-refractivity contribution in [3.8, 4) is 6.07 Å². The first kappa shape index (κ1) is 13.7. The van der Waals surface area contributed by atoms with Crippen molar-refractivity contribution in [1.82, 2.24) is 4.90 Å². The van der Waals surface area contributed by atoms with Crippen LogP contribution in [0.5, 0.6) is 0 Å². The van der Waals surface area contributed by atoms with Gasteiger partial charge < -0.3 is 16.0 Å². The van der Waals surface area contributed by atoms with E-state index in [9.17, 15) is 0 Å². The van der Waals surface area contributed by atoms with Gasteiger partial charge in [0, 0.05) is 12.2 Å².